The number of unbranched alkanes of at least 4 members (excludes halogenated alkanes) is 2. The van der Waals surface area contributed by atoms with Crippen LogP contribution in [0, 0.1) is 0 Å². The van der Waals surface area contributed by atoms with Gasteiger partial charge >= 0.3 is 23.9 Å². The van der Waals surface area contributed by atoms with Gasteiger partial charge in [0.05, 0.1) is 26.1 Å². The van der Waals surface area contributed by atoms with E-state index in [0.29, 0.717) is 0 Å². The van der Waals surface area contributed by atoms with Gasteiger partial charge in [-0.3, -0.25) is 9.59 Å². The third-order valence-corrected chi connectivity index (χ3v) is 4.75. The van der Waals surface area contributed by atoms with Crippen LogP contribution in [0.3, 0.4) is 0 Å². The molecule has 2 rings (SSSR count). The molecule has 0 bridgehead atoms. The summed E-state index contributed by atoms with van der Waals surface area (Å²) in [6.45, 7) is 4.51. The Labute approximate surface area is 164 Å². The van der Waals surface area contributed by atoms with Crippen molar-refractivity contribution in [2.75, 3.05) is 13.2 Å². The maximum absolute atomic E-state index is 12.2. The van der Waals surface area contributed by atoms with Crippen molar-refractivity contribution in [1.29, 1.82) is 0 Å². The van der Waals surface area contributed by atoms with Crippen LogP contribution < -0.4 is 0 Å². The molecule has 0 N–H and O–H groups in total. The lowest BCUT2D eigenvalue weighted by Gasteiger charge is -2.38. The van der Waals surface area contributed by atoms with Gasteiger partial charge in [0, 0.05) is 12.8 Å². The van der Waals surface area contributed by atoms with Crippen molar-refractivity contribution in [3.05, 3.63) is 12.2 Å². The third kappa shape index (κ3) is 5.11. The Bertz CT molecular complexity index is 566. The molecule has 0 aromatic carbocycles. The van der Waals surface area contributed by atoms with E-state index in [1.165, 1.54) is 0 Å². The van der Waals surface area contributed by atoms with Gasteiger partial charge < -0.3 is 18.9 Å². The molecule has 2 aliphatic heterocycles. The molecule has 0 saturated carbocycles. The maximum Gasteiger partial charge on any atom is 0.351 e. The van der Waals surface area contributed by atoms with Crippen LogP contribution in [0.4, 0.5) is 0 Å². The smallest absolute Gasteiger partial charge is 0.351 e. The van der Waals surface area contributed by atoms with Gasteiger partial charge in [-0.15, -0.1) is 0 Å². The van der Waals surface area contributed by atoms with E-state index in [9.17, 15) is 19.2 Å². The summed E-state index contributed by atoms with van der Waals surface area (Å²) in [6, 6.07) is 0. The lowest BCUT2D eigenvalue weighted by molar-refractivity contribution is -0.208. The van der Waals surface area contributed by atoms with Gasteiger partial charge in [-0.05, 0) is 12.8 Å². The average Bonchev–Trinajstić information content (AvgIpc) is 2.61. The van der Waals surface area contributed by atoms with E-state index in [4.69, 9.17) is 18.9 Å². The molecule has 0 aromatic heterocycles. The molecule has 156 valence electrons. The summed E-state index contributed by atoms with van der Waals surface area (Å²) in [6.07, 6.45) is 6.71. The minimum Gasteiger partial charge on any atom is -0.463 e. The number of rotatable bonds is 12. The number of hydrogen-bond acceptors (Lipinski definition) is 8. The zero-order chi connectivity index (χ0) is 20.6. The second-order valence-electron chi connectivity index (χ2n) is 7.15. The first-order chi connectivity index (χ1) is 13.4. The van der Waals surface area contributed by atoms with Gasteiger partial charge in [0.15, 0.2) is 0 Å². The molecular formula is C20H28O8. The summed E-state index contributed by atoms with van der Waals surface area (Å²) >= 11 is 0. The van der Waals surface area contributed by atoms with E-state index in [-0.39, 0.29) is 38.9 Å². The Morgan fingerprint density at radius 1 is 0.857 bits per heavy atom. The lowest BCUT2D eigenvalue weighted by Crippen LogP contribution is -2.55. The lowest BCUT2D eigenvalue weighted by atomic mass is 9.87. The topological polar surface area (TPSA) is 105 Å². The van der Waals surface area contributed by atoms with Crippen molar-refractivity contribution < 1.29 is 38.1 Å². The molecule has 0 aromatic rings. The monoisotopic (exact) mass is 396 g/mol. The zero-order valence-electron chi connectivity index (χ0n) is 16.5. The number of esters is 4. The number of carbonyl (C=O) groups excluding carboxylic acids is 4. The Hall–Kier alpha value is -2.38. The van der Waals surface area contributed by atoms with Crippen molar-refractivity contribution in [3.8, 4) is 0 Å². The van der Waals surface area contributed by atoms with Crippen LogP contribution in [-0.4, -0.2) is 48.3 Å². The number of ether oxygens (including phenoxy) is 4. The molecule has 2 atom stereocenters. The van der Waals surface area contributed by atoms with E-state index in [1.54, 1.807) is 12.2 Å². The molecule has 0 spiro atoms. The number of cyclic esters (lactones) is 2. The molecule has 0 amide bonds. The molecule has 28 heavy (non-hydrogen) atoms. The molecule has 0 unspecified atom stereocenters. The standard InChI is InChI=1S/C20H28O8/c1-3-5-11-25-17(23)19(13-15(21)27-19)9-7-8-10-20(14-16(22)28-20)18(24)26-12-6-4-2/h7-8H,3-6,9-14H2,1-2H3/b8-7+/t19-,20-/m1/s1. The molecule has 0 aliphatic carbocycles. The third-order valence-electron chi connectivity index (χ3n) is 4.75. The first-order valence-electron chi connectivity index (χ1n) is 9.80. The predicted molar refractivity (Wildman–Crippen MR) is 97.0 cm³/mol. The van der Waals surface area contributed by atoms with Crippen molar-refractivity contribution in [2.24, 2.45) is 0 Å². The largest absolute Gasteiger partial charge is 0.463 e. The first-order valence-corrected chi connectivity index (χ1v) is 9.80. The van der Waals surface area contributed by atoms with Gasteiger partial charge in [0.25, 0.3) is 0 Å². The van der Waals surface area contributed by atoms with Gasteiger partial charge in [-0.2, -0.15) is 0 Å². The van der Waals surface area contributed by atoms with Crippen LogP contribution in [0.1, 0.15) is 65.2 Å². The Balaban J connectivity index is 1.90. The van der Waals surface area contributed by atoms with Crippen molar-refractivity contribution in [2.45, 2.75) is 76.4 Å². The maximum atomic E-state index is 12.2. The van der Waals surface area contributed by atoms with E-state index in [2.05, 4.69) is 0 Å². The molecule has 2 saturated heterocycles. The predicted octanol–water partition coefficient (Wildman–Crippen LogP) is 2.38. The van der Waals surface area contributed by atoms with Crippen LogP contribution in [0.25, 0.3) is 0 Å². The molecule has 2 fully saturated rings. The molecule has 8 heteroatoms. The van der Waals surface area contributed by atoms with E-state index in [0.717, 1.165) is 25.7 Å². The number of hydrogen-bond donors (Lipinski definition) is 0. The fourth-order valence-electron chi connectivity index (χ4n) is 2.94. The van der Waals surface area contributed by atoms with Crippen molar-refractivity contribution in [3.63, 3.8) is 0 Å². The van der Waals surface area contributed by atoms with E-state index in [1.807, 2.05) is 13.8 Å². The second kappa shape index (κ2) is 9.71. The summed E-state index contributed by atoms with van der Waals surface area (Å²) in [5.74, 6) is -2.03. The Kier molecular flexibility index (Phi) is 7.60. The first kappa shape index (κ1) is 21.9. The highest BCUT2D eigenvalue weighted by Gasteiger charge is 2.54. The zero-order valence-corrected chi connectivity index (χ0v) is 16.5. The van der Waals surface area contributed by atoms with Gasteiger partial charge in [-0.25, -0.2) is 9.59 Å². The summed E-state index contributed by atoms with van der Waals surface area (Å²) in [7, 11) is 0. The molecule has 8 nitrogen and oxygen atoms in total. The van der Waals surface area contributed by atoms with E-state index >= 15 is 0 Å². The number of carbonyl (C=O) groups is 4. The van der Waals surface area contributed by atoms with Crippen molar-refractivity contribution in [1.82, 2.24) is 0 Å². The highest BCUT2D eigenvalue weighted by molar-refractivity contribution is 5.94. The molecule has 2 aliphatic rings. The summed E-state index contributed by atoms with van der Waals surface area (Å²) in [5.41, 5.74) is -2.60. The van der Waals surface area contributed by atoms with E-state index < -0.39 is 35.1 Å². The van der Waals surface area contributed by atoms with Gasteiger partial charge in [-0.1, -0.05) is 38.8 Å². The fourth-order valence-corrected chi connectivity index (χ4v) is 2.94. The summed E-state index contributed by atoms with van der Waals surface area (Å²) in [5, 5.41) is 0. The minimum atomic E-state index is -1.30. The normalized spacial score (nSPS) is 26.1. The second-order valence-corrected chi connectivity index (χ2v) is 7.15. The van der Waals surface area contributed by atoms with Crippen molar-refractivity contribution >= 4 is 23.9 Å². The van der Waals surface area contributed by atoms with Crippen LogP contribution in [0.5, 0.6) is 0 Å². The highest BCUT2D eigenvalue weighted by Crippen LogP contribution is 2.36. The molecular weight excluding hydrogens is 368 g/mol. The highest BCUT2D eigenvalue weighted by atomic mass is 16.6. The van der Waals surface area contributed by atoms with Crippen LogP contribution in [0.15, 0.2) is 12.2 Å². The minimum absolute atomic E-state index is 0.0402. The SMILES string of the molecule is CCCCOC(=O)[C@@]1(C/C=C/C[C@]2(C(=O)OCCCC)CC(=O)O2)CC(=O)O1. The van der Waals surface area contributed by atoms with Gasteiger partial charge in [0.2, 0.25) is 11.2 Å². The Morgan fingerprint density at radius 2 is 1.21 bits per heavy atom. The Morgan fingerprint density at radius 3 is 1.50 bits per heavy atom. The average molecular weight is 396 g/mol. The summed E-state index contributed by atoms with van der Waals surface area (Å²) < 4.78 is 20.5. The fraction of sp³-hybridized carbons (Fsp3) is 0.700. The van der Waals surface area contributed by atoms with Gasteiger partial charge in [0.1, 0.15) is 0 Å². The van der Waals surface area contributed by atoms with Crippen LogP contribution in [0.2, 0.25) is 0 Å². The molecule has 2 heterocycles. The molecule has 0 radical (unpaired) electrons. The van der Waals surface area contributed by atoms with Crippen LogP contribution in [-0.2, 0) is 38.1 Å². The van der Waals surface area contributed by atoms with Crippen LogP contribution >= 0.6 is 0 Å². The quantitative estimate of drug-likeness (QED) is 0.214. The summed E-state index contributed by atoms with van der Waals surface area (Å²) in [4.78, 5) is 47.0.